The molecule has 0 N–H and O–H groups in total. The van der Waals surface area contributed by atoms with Crippen LogP contribution in [0.15, 0.2) is 200 Å². The zero-order valence-electron chi connectivity index (χ0n) is 31.4. The molecule has 0 radical (unpaired) electrons. The third-order valence-corrected chi connectivity index (χ3v) is 11.2. The molecular formula is C53H39N3. The molecule has 0 amide bonds. The Morgan fingerprint density at radius 2 is 1.02 bits per heavy atom. The minimum atomic E-state index is -0.544. The molecule has 7 aromatic carbocycles. The topological polar surface area (TPSA) is 30.7 Å². The SMILES string of the molecule is CC(C)(c1cccc(-c2ccccc2)n1)c1nc(-c2ccccc2)ccc1-c1cccc2cccc(-c3ccc4c5ccccc5n(-c5ccccc5)c4c3)c12. The molecule has 0 saturated carbocycles. The first-order valence-electron chi connectivity index (χ1n) is 19.3. The molecule has 3 heteroatoms. The molecule has 10 aromatic rings. The Balaban J connectivity index is 1.20. The number of hydrogen-bond acceptors (Lipinski definition) is 2. The lowest BCUT2D eigenvalue weighted by atomic mass is 9.79. The largest absolute Gasteiger partial charge is 0.309 e. The number of para-hydroxylation sites is 2. The van der Waals surface area contributed by atoms with E-state index in [0.717, 1.165) is 50.7 Å². The van der Waals surface area contributed by atoms with Gasteiger partial charge in [-0.05, 0) is 83.8 Å². The van der Waals surface area contributed by atoms with Gasteiger partial charge in [0.15, 0.2) is 0 Å². The van der Waals surface area contributed by atoms with Crippen LogP contribution in [0.2, 0.25) is 0 Å². The lowest BCUT2D eigenvalue weighted by molar-refractivity contribution is 0.599. The van der Waals surface area contributed by atoms with Gasteiger partial charge in [0, 0.05) is 38.6 Å². The predicted octanol–water partition coefficient (Wildman–Crippen LogP) is 13.7. The Morgan fingerprint density at radius 1 is 0.411 bits per heavy atom. The molecule has 266 valence electrons. The lowest BCUT2D eigenvalue weighted by Gasteiger charge is -2.28. The Bertz CT molecular complexity index is 3030. The molecule has 0 spiro atoms. The predicted molar refractivity (Wildman–Crippen MR) is 234 cm³/mol. The molecule has 3 heterocycles. The van der Waals surface area contributed by atoms with Crippen LogP contribution in [0.3, 0.4) is 0 Å². The minimum absolute atomic E-state index is 0.544. The van der Waals surface area contributed by atoms with E-state index in [0.29, 0.717) is 0 Å². The Hall–Kier alpha value is -7.10. The third kappa shape index (κ3) is 5.68. The molecule has 3 aromatic heterocycles. The van der Waals surface area contributed by atoms with Crippen LogP contribution in [0.5, 0.6) is 0 Å². The summed E-state index contributed by atoms with van der Waals surface area (Å²) in [6, 6.07) is 71.3. The van der Waals surface area contributed by atoms with E-state index < -0.39 is 5.41 Å². The Kier molecular flexibility index (Phi) is 8.15. The molecular weight excluding hydrogens is 679 g/mol. The van der Waals surface area contributed by atoms with Crippen molar-refractivity contribution >= 4 is 32.6 Å². The van der Waals surface area contributed by atoms with Gasteiger partial charge in [0.2, 0.25) is 0 Å². The normalized spacial score (nSPS) is 11.8. The molecule has 0 saturated heterocycles. The number of pyridine rings is 2. The highest BCUT2D eigenvalue weighted by Crippen LogP contribution is 2.44. The fourth-order valence-corrected chi connectivity index (χ4v) is 8.40. The monoisotopic (exact) mass is 717 g/mol. The number of benzene rings is 7. The zero-order valence-corrected chi connectivity index (χ0v) is 31.4. The van der Waals surface area contributed by atoms with Gasteiger partial charge in [-0.15, -0.1) is 0 Å². The van der Waals surface area contributed by atoms with Crippen LogP contribution < -0.4 is 0 Å². The van der Waals surface area contributed by atoms with Gasteiger partial charge in [0.25, 0.3) is 0 Å². The van der Waals surface area contributed by atoms with Gasteiger partial charge in [-0.1, -0.05) is 158 Å². The second kappa shape index (κ2) is 13.6. The Morgan fingerprint density at radius 3 is 1.75 bits per heavy atom. The van der Waals surface area contributed by atoms with Crippen LogP contribution >= 0.6 is 0 Å². The molecule has 0 aliphatic rings. The first kappa shape index (κ1) is 33.5. The molecule has 56 heavy (non-hydrogen) atoms. The summed E-state index contributed by atoms with van der Waals surface area (Å²) >= 11 is 0. The highest BCUT2D eigenvalue weighted by molar-refractivity contribution is 6.12. The first-order valence-corrected chi connectivity index (χ1v) is 19.3. The zero-order chi connectivity index (χ0) is 37.6. The maximum Gasteiger partial charge on any atom is 0.0706 e. The van der Waals surface area contributed by atoms with E-state index in [4.69, 9.17) is 9.97 Å². The molecule has 0 fully saturated rings. The second-order valence-corrected chi connectivity index (χ2v) is 15.0. The fourth-order valence-electron chi connectivity index (χ4n) is 8.40. The van der Waals surface area contributed by atoms with E-state index in [-0.39, 0.29) is 0 Å². The van der Waals surface area contributed by atoms with Crippen molar-refractivity contribution in [1.29, 1.82) is 0 Å². The van der Waals surface area contributed by atoms with Gasteiger partial charge >= 0.3 is 0 Å². The quantitative estimate of drug-likeness (QED) is 0.164. The van der Waals surface area contributed by atoms with Crippen molar-refractivity contribution in [3.63, 3.8) is 0 Å². The summed E-state index contributed by atoms with van der Waals surface area (Å²) in [6.07, 6.45) is 0. The van der Waals surface area contributed by atoms with Crippen molar-refractivity contribution in [3.05, 3.63) is 212 Å². The minimum Gasteiger partial charge on any atom is -0.309 e. The van der Waals surface area contributed by atoms with Crippen molar-refractivity contribution in [2.75, 3.05) is 0 Å². The smallest absolute Gasteiger partial charge is 0.0706 e. The highest BCUT2D eigenvalue weighted by atomic mass is 15.0. The summed E-state index contributed by atoms with van der Waals surface area (Å²) < 4.78 is 2.39. The van der Waals surface area contributed by atoms with Gasteiger partial charge in [-0.3, -0.25) is 9.97 Å². The van der Waals surface area contributed by atoms with Gasteiger partial charge in [0.05, 0.1) is 33.8 Å². The van der Waals surface area contributed by atoms with Crippen molar-refractivity contribution in [3.8, 4) is 50.5 Å². The van der Waals surface area contributed by atoms with E-state index in [1.807, 2.05) is 6.07 Å². The standard InChI is InChI=1S/C53H39N3/c1-53(2,50-30-16-28-46(54-50)36-17-6-3-7-18-36)52-45(33-34-47(55-52)37-19-8-4-9-20-37)44-27-15-22-38-21-14-26-41(51(38)44)39-31-32-43-42-25-12-13-29-48(42)56(49(43)35-39)40-23-10-5-11-24-40/h3-35H,1-2H3. The van der Waals surface area contributed by atoms with Gasteiger partial charge in [-0.25, -0.2) is 0 Å². The Labute approximate surface area is 327 Å². The van der Waals surface area contributed by atoms with Gasteiger partial charge < -0.3 is 4.57 Å². The van der Waals surface area contributed by atoms with E-state index in [1.54, 1.807) is 0 Å². The van der Waals surface area contributed by atoms with Crippen molar-refractivity contribution < 1.29 is 0 Å². The summed E-state index contributed by atoms with van der Waals surface area (Å²) in [5.74, 6) is 0. The van der Waals surface area contributed by atoms with Crippen LogP contribution in [0.25, 0.3) is 83.0 Å². The maximum atomic E-state index is 5.55. The molecule has 0 aliphatic heterocycles. The van der Waals surface area contributed by atoms with Gasteiger partial charge in [-0.2, -0.15) is 0 Å². The van der Waals surface area contributed by atoms with Crippen molar-refractivity contribution in [2.45, 2.75) is 19.3 Å². The lowest BCUT2D eigenvalue weighted by Crippen LogP contribution is -2.24. The van der Waals surface area contributed by atoms with Crippen LogP contribution in [-0.2, 0) is 5.41 Å². The summed E-state index contributed by atoms with van der Waals surface area (Å²) in [4.78, 5) is 10.8. The summed E-state index contributed by atoms with van der Waals surface area (Å²) in [7, 11) is 0. The summed E-state index contributed by atoms with van der Waals surface area (Å²) in [5.41, 5.74) is 13.6. The van der Waals surface area contributed by atoms with Crippen LogP contribution in [0.1, 0.15) is 25.2 Å². The molecule has 3 nitrogen and oxygen atoms in total. The average molecular weight is 718 g/mol. The molecule has 0 bridgehead atoms. The van der Waals surface area contributed by atoms with E-state index in [1.165, 1.54) is 43.7 Å². The number of hydrogen-bond donors (Lipinski definition) is 0. The van der Waals surface area contributed by atoms with Crippen LogP contribution in [0.4, 0.5) is 0 Å². The number of nitrogens with zero attached hydrogens (tertiary/aromatic N) is 3. The molecule has 0 aliphatic carbocycles. The van der Waals surface area contributed by atoms with Crippen LogP contribution in [-0.4, -0.2) is 14.5 Å². The number of aromatic nitrogens is 3. The number of rotatable bonds is 7. The summed E-state index contributed by atoms with van der Waals surface area (Å²) in [5, 5.41) is 4.87. The van der Waals surface area contributed by atoms with E-state index in [2.05, 4.69) is 213 Å². The molecule has 0 unspecified atom stereocenters. The number of fused-ring (bicyclic) bond motifs is 4. The summed E-state index contributed by atoms with van der Waals surface area (Å²) in [6.45, 7) is 4.51. The first-order chi connectivity index (χ1) is 27.5. The molecule has 10 rings (SSSR count). The van der Waals surface area contributed by atoms with Gasteiger partial charge in [0.1, 0.15) is 0 Å². The van der Waals surface area contributed by atoms with Crippen LogP contribution in [0, 0.1) is 0 Å². The fraction of sp³-hybridized carbons (Fsp3) is 0.0566. The van der Waals surface area contributed by atoms with E-state index in [9.17, 15) is 0 Å². The van der Waals surface area contributed by atoms with E-state index >= 15 is 0 Å². The third-order valence-electron chi connectivity index (χ3n) is 11.2. The second-order valence-electron chi connectivity index (χ2n) is 15.0. The molecule has 0 atom stereocenters. The van der Waals surface area contributed by atoms with Crippen molar-refractivity contribution in [1.82, 2.24) is 14.5 Å². The maximum absolute atomic E-state index is 5.55. The highest BCUT2D eigenvalue weighted by Gasteiger charge is 2.31. The average Bonchev–Trinajstić information content (AvgIpc) is 3.60. The van der Waals surface area contributed by atoms with Crippen molar-refractivity contribution in [2.24, 2.45) is 0 Å².